The van der Waals surface area contributed by atoms with Crippen LogP contribution in [0.2, 0.25) is 0 Å². The summed E-state index contributed by atoms with van der Waals surface area (Å²) in [5.41, 5.74) is 1.44. The quantitative estimate of drug-likeness (QED) is 0.881. The first-order valence-corrected chi connectivity index (χ1v) is 6.90. The lowest BCUT2D eigenvalue weighted by Gasteiger charge is -2.23. The van der Waals surface area contributed by atoms with Crippen molar-refractivity contribution >= 4 is 0 Å². The van der Waals surface area contributed by atoms with E-state index in [0.717, 1.165) is 5.56 Å². The topological polar surface area (TPSA) is 32.3 Å². The molecular weight excluding hydrogens is 272 g/mol. The summed E-state index contributed by atoms with van der Waals surface area (Å²) >= 11 is 0. The maximum Gasteiger partial charge on any atom is 0.128 e. The van der Waals surface area contributed by atoms with E-state index in [-0.39, 0.29) is 23.8 Å². The first kappa shape index (κ1) is 15.6. The second-order valence-electron chi connectivity index (χ2n) is 5.16. The average molecular weight is 291 g/mol. The minimum atomic E-state index is -0.446. The van der Waals surface area contributed by atoms with Crippen LogP contribution in [0.3, 0.4) is 0 Å². The van der Waals surface area contributed by atoms with E-state index in [4.69, 9.17) is 0 Å². The lowest BCUT2D eigenvalue weighted by molar-refractivity contribution is 0.234. The number of hydrogen-bond donors (Lipinski definition) is 2. The third kappa shape index (κ3) is 3.65. The fourth-order valence-corrected chi connectivity index (χ4v) is 2.32. The Morgan fingerprint density at radius 1 is 1.10 bits per heavy atom. The molecule has 2 aromatic rings. The normalized spacial score (nSPS) is 14.0. The molecule has 2 nitrogen and oxygen atoms in total. The van der Waals surface area contributed by atoms with E-state index >= 15 is 0 Å². The Balaban J connectivity index is 2.20. The predicted molar refractivity (Wildman–Crippen MR) is 78.9 cm³/mol. The summed E-state index contributed by atoms with van der Waals surface area (Å²) in [6, 6.07) is 11.0. The molecule has 0 heterocycles. The van der Waals surface area contributed by atoms with Gasteiger partial charge < -0.3 is 10.4 Å². The van der Waals surface area contributed by atoms with Gasteiger partial charge in [-0.25, -0.2) is 8.78 Å². The maximum atomic E-state index is 14.0. The zero-order valence-corrected chi connectivity index (χ0v) is 12.1. The number of hydrogen-bond acceptors (Lipinski definition) is 2. The summed E-state index contributed by atoms with van der Waals surface area (Å²) in [5.74, 6) is -0.876. The summed E-state index contributed by atoms with van der Waals surface area (Å²) in [6.45, 7) is 3.16. The molecule has 0 saturated heterocycles. The molecule has 0 spiro atoms. The molecule has 0 amide bonds. The van der Waals surface area contributed by atoms with Crippen molar-refractivity contribution in [1.82, 2.24) is 5.32 Å². The highest BCUT2D eigenvalue weighted by molar-refractivity contribution is 5.28. The Labute approximate surface area is 123 Å². The average Bonchev–Trinajstić information content (AvgIpc) is 2.49. The monoisotopic (exact) mass is 291 g/mol. The van der Waals surface area contributed by atoms with Gasteiger partial charge in [-0.1, -0.05) is 30.3 Å². The predicted octanol–water partition coefficient (Wildman–Crippen LogP) is 3.66. The number of benzene rings is 2. The van der Waals surface area contributed by atoms with E-state index in [2.05, 4.69) is 5.32 Å². The SMILES string of the molecule is Cc1cc(F)c(C(C)N[C@H](CO)c2ccccc2)cc1F. The Kier molecular flexibility index (Phi) is 5.04. The van der Waals surface area contributed by atoms with Crippen molar-refractivity contribution in [2.45, 2.75) is 25.9 Å². The molecule has 0 fully saturated rings. The number of rotatable bonds is 5. The lowest BCUT2D eigenvalue weighted by Crippen LogP contribution is -2.28. The fourth-order valence-electron chi connectivity index (χ4n) is 2.32. The van der Waals surface area contributed by atoms with Crippen molar-refractivity contribution in [1.29, 1.82) is 0 Å². The van der Waals surface area contributed by atoms with Gasteiger partial charge in [0.05, 0.1) is 12.6 Å². The Bertz CT molecular complexity index is 601. The van der Waals surface area contributed by atoms with Crippen molar-refractivity contribution in [3.05, 3.63) is 70.8 Å². The van der Waals surface area contributed by atoms with Crippen LogP contribution in [0, 0.1) is 18.6 Å². The van der Waals surface area contributed by atoms with Crippen LogP contribution in [0.25, 0.3) is 0 Å². The van der Waals surface area contributed by atoms with Crippen molar-refractivity contribution in [2.75, 3.05) is 6.61 Å². The van der Waals surface area contributed by atoms with Gasteiger partial charge >= 0.3 is 0 Å². The first-order valence-electron chi connectivity index (χ1n) is 6.90. The molecule has 0 saturated carbocycles. The van der Waals surface area contributed by atoms with Crippen LogP contribution in [0.5, 0.6) is 0 Å². The van der Waals surface area contributed by atoms with Crippen molar-refractivity contribution in [3.63, 3.8) is 0 Å². The molecule has 0 bridgehead atoms. The van der Waals surface area contributed by atoms with Crippen molar-refractivity contribution in [3.8, 4) is 0 Å². The molecule has 21 heavy (non-hydrogen) atoms. The van der Waals surface area contributed by atoms with Gasteiger partial charge in [-0.2, -0.15) is 0 Å². The van der Waals surface area contributed by atoms with Gasteiger partial charge in [-0.3, -0.25) is 0 Å². The highest BCUT2D eigenvalue weighted by Gasteiger charge is 2.18. The largest absolute Gasteiger partial charge is 0.394 e. The Morgan fingerprint density at radius 3 is 2.38 bits per heavy atom. The molecule has 2 atom stereocenters. The zero-order chi connectivity index (χ0) is 15.4. The van der Waals surface area contributed by atoms with E-state index in [1.54, 1.807) is 6.92 Å². The summed E-state index contributed by atoms with van der Waals surface area (Å²) < 4.78 is 27.6. The smallest absolute Gasteiger partial charge is 0.128 e. The molecule has 1 unspecified atom stereocenters. The standard InChI is InChI=1S/C17H19F2NO/c1-11-8-16(19)14(9-15(11)18)12(2)20-17(10-21)13-6-4-3-5-7-13/h3-9,12,17,20-21H,10H2,1-2H3/t12?,17-/m1/s1. The molecule has 2 aromatic carbocycles. The first-order chi connectivity index (χ1) is 10.0. The molecule has 4 heteroatoms. The van der Waals surface area contributed by atoms with E-state index in [1.807, 2.05) is 30.3 Å². The van der Waals surface area contributed by atoms with Crippen molar-refractivity contribution < 1.29 is 13.9 Å². The van der Waals surface area contributed by atoms with Gasteiger partial charge in [-0.05, 0) is 37.1 Å². The maximum absolute atomic E-state index is 14.0. The molecule has 0 aliphatic rings. The molecule has 0 aliphatic heterocycles. The van der Waals surface area contributed by atoms with Crippen LogP contribution < -0.4 is 5.32 Å². The van der Waals surface area contributed by atoms with E-state index in [0.29, 0.717) is 0 Å². The summed E-state index contributed by atoms with van der Waals surface area (Å²) in [6.07, 6.45) is 0. The number of aliphatic hydroxyl groups is 1. The van der Waals surface area contributed by atoms with Crippen molar-refractivity contribution in [2.24, 2.45) is 0 Å². The third-order valence-corrected chi connectivity index (χ3v) is 3.58. The van der Waals surface area contributed by atoms with Crippen LogP contribution >= 0.6 is 0 Å². The van der Waals surface area contributed by atoms with Gasteiger partial charge in [-0.15, -0.1) is 0 Å². The number of aryl methyl sites for hydroxylation is 1. The molecule has 2 rings (SSSR count). The molecule has 0 aromatic heterocycles. The van der Waals surface area contributed by atoms with Gasteiger partial charge in [0, 0.05) is 11.6 Å². The van der Waals surface area contributed by atoms with Gasteiger partial charge in [0.25, 0.3) is 0 Å². The highest BCUT2D eigenvalue weighted by Crippen LogP contribution is 2.23. The van der Waals surface area contributed by atoms with Crippen LogP contribution in [0.15, 0.2) is 42.5 Å². The van der Waals surface area contributed by atoms with E-state index in [1.165, 1.54) is 19.1 Å². The summed E-state index contributed by atoms with van der Waals surface area (Å²) in [5, 5.41) is 12.6. The minimum absolute atomic E-state index is 0.121. The minimum Gasteiger partial charge on any atom is -0.394 e. The summed E-state index contributed by atoms with van der Waals surface area (Å²) in [7, 11) is 0. The lowest BCUT2D eigenvalue weighted by atomic mass is 10.0. The molecule has 112 valence electrons. The number of aliphatic hydroxyl groups excluding tert-OH is 1. The van der Waals surface area contributed by atoms with Gasteiger partial charge in [0.1, 0.15) is 11.6 Å². The molecule has 0 radical (unpaired) electrons. The van der Waals surface area contributed by atoms with Gasteiger partial charge in [0.15, 0.2) is 0 Å². The summed E-state index contributed by atoms with van der Waals surface area (Å²) in [4.78, 5) is 0. The second-order valence-corrected chi connectivity index (χ2v) is 5.16. The van der Waals surface area contributed by atoms with Crippen LogP contribution in [-0.4, -0.2) is 11.7 Å². The molecular formula is C17H19F2NO. The van der Waals surface area contributed by atoms with Crippen LogP contribution in [0.4, 0.5) is 8.78 Å². The van der Waals surface area contributed by atoms with Crippen LogP contribution in [0.1, 0.15) is 35.7 Å². The number of nitrogens with one attached hydrogen (secondary N) is 1. The highest BCUT2D eigenvalue weighted by atomic mass is 19.1. The fraction of sp³-hybridized carbons (Fsp3) is 0.294. The van der Waals surface area contributed by atoms with Gasteiger partial charge in [0.2, 0.25) is 0 Å². The van der Waals surface area contributed by atoms with Crippen LogP contribution in [-0.2, 0) is 0 Å². The Morgan fingerprint density at radius 2 is 1.76 bits per heavy atom. The number of halogens is 2. The molecule has 0 aliphatic carbocycles. The molecule has 2 N–H and O–H groups in total. The van der Waals surface area contributed by atoms with E-state index in [9.17, 15) is 13.9 Å². The Hall–Kier alpha value is -1.78. The van der Waals surface area contributed by atoms with E-state index < -0.39 is 17.7 Å². The third-order valence-electron chi connectivity index (χ3n) is 3.58. The zero-order valence-electron chi connectivity index (χ0n) is 12.1. The second kappa shape index (κ2) is 6.78.